The maximum atomic E-state index is 14.1. The van der Waals surface area contributed by atoms with Gasteiger partial charge < -0.3 is 14.2 Å². The zero-order chi connectivity index (χ0) is 31.5. The Morgan fingerprint density at radius 1 is 1.11 bits per heavy atom. The smallest absolute Gasteiger partial charge is 0.338 e. The Morgan fingerprint density at radius 2 is 1.80 bits per heavy atom. The lowest BCUT2D eigenvalue weighted by molar-refractivity contribution is -0.139. The van der Waals surface area contributed by atoms with Crippen LogP contribution in [0.4, 0.5) is 4.39 Å². The summed E-state index contributed by atoms with van der Waals surface area (Å²) in [7, 11) is 0. The van der Waals surface area contributed by atoms with Crippen LogP contribution in [0.15, 0.2) is 81.7 Å². The van der Waals surface area contributed by atoms with E-state index in [0.29, 0.717) is 44.3 Å². The summed E-state index contributed by atoms with van der Waals surface area (Å²) < 4.78 is 34.7. The van der Waals surface area contributed by atoms with E-state index in [0.717, 1.165) is 18.3 Å². The first kappa shape index (κ1) is 32.4. The van der Waals surface area contributed by atoms with Crippen LogP contribution < -0.4 is 24.4 Å². The number of ether oxygens (including phenoxy) is 3. The third-order valence-corrected chi connectivity index (χ3v) is 9.29. The molecule has 4 aromatic rings. The first-order valence-electron chi connectivity index (χ1n) is 13.9. The average molecular weight is 838 g/mol. The standard InChI is InChI=1S/C33H29FI2N2O5S/c1-5-41-32(40)28-19(4)37-33-38(29(28)23-8-6-7-9-26(23)43-18(2)3)31(39)27(44-33)16-21-14-24(35)30(25(36)15-21)42-17-20-10-12-22(34)13-11-20/h6-16,18,29H,5,17H2,1-4H3/b27-16+/t29-/m0/s1. The third kappa shape index (κ3) is 6.94. The van der Waals surface area contributed by atoms with E-state index in [-0.39, 0.29) is 24.1 Å². The fourth-order valence-corrected chi connectivity index (χ4v) is 8.02. The van der Waals surface area contributed by atoms with E-state index in [1.54, 1.807) is 30.5 Å². The van der Waals surface area contributed by atoms with Gasteiger partial charge >= 0.3 is 5.97 Å². The molecule has 228 valence electrons. The van der Waals surface area contributed by atoms with Gasteiger partial charge in [-0.05, 0) is 120 Å². The number of rotatable bonds is 9. The molecule has 0 fully saturated rings. The molecule has 1 aliphatic heterocycles. The van der Waals surface area contributed by atoms with Gasteiger partial charge in [-0.3, -0.25) is 9.36 Å². The number of esters is 1. The van der Waals surface area contributed by atoms with Gasteiger partial charge in [-0.25, -0.2) is 14.2 Å². The summed E-state index contributed by atoms with van der Waals surface area (Å²) in [6.07, 6.45) is 1.71. The number of para-hydroxylation sites is 1. The first-order chi connectivity index (χ1) is 21.1. The molecular weight excluding hydrogens is 809 g/mol. The van der Waals surface area contributed by atoms with Crippen LogP contribution >= 0.6 is 56.5 Å². The normalized spacial score (nSPS) is 14.8. The molecule has 0 saturated carbocycles. The summed E-state index contributed by atoms with van der Waals surface area (Å²) in [6.45, 7) is 7.86. The summed E-state index contributed by atoms with van der Waals surface area (Å²) >= 11 is 5.69. The van der Waals surface area contributed by atoms with Crippen LogP contribution in [0.1, 0.15) is 50.4 Å². The molecule has 0 saturated heterocycles. The van der Waals surface area contributed by atoms with E-state index in [1.807, 2.05) is 56.3 Å². The van der Waals surface area contributed by atoms with Crippen LogP contribution in [-0.2, 0) is 16.1 Å². The maximum Gasteiger partial charge on any atom is 0.338 e. The number of allylic oxidation sites excluding steroid dienone is 1. The summed E-state index contributed by atoms with van der Waals surface area (Å²) in [6, 6.07) is 16.7. The summed E-state index contributed by atoms with van der Waals surface area (Å²) in [4.78, 5) is 32.5. The van der Waals surface area contributed by atoms with Crippen molar-refractivity contribution >= 4 is 68.6 Å². The molecule has 0 aliphatic carbocycles. The Hall–Kier alpha value is -3.04. The number of hydrogen-bond donors (Lipinski definition) is 0. The molecule has 3 aromatic carbocycles. The monoisotopic (exact) mass is 838 g/mol. The quantitative estimate of drug-likeness (QED) is 0.142. The van der Waals surface area contributed by atoms with Crippen molar-refractivity contribution in [3.8, 4) is 11.5 Å². The number of fused-ring (bicyclic) bond motifs is 1. The molecule has 1 aromatic heterocycles. The second kappa shape index (κ2) is 13.9. The van der Waals surface area contributed by atoms with Gasteiger partial charge in [-0.1, -0.05) is 41.7 Å². The average Bonchev–Trinajstić information content (AvgIpc) is 3.26. The van der Waals surface area contributed by atoms with Crippen molar-refractivity contribution in [3.63, 3.8) is 0 Å². The largest absolute Gasteiger partial charge is 0.491 e. The highest BCUT2D eigenvalue weighted by atomic mass is 127. The minimum Gasteiger partial charge on any atom is -0.491 e. The number of nitrogens with zero attached hydrogens (tertiary/aromatic N) is 2. The zero-order valence-corrected chi connectivity index (χ0v) is 29.5. The van der Waals surface area contributed by atoms with Crippen LogP contribution in [-0.4, -0.2) is 23.2 Å². The molecule has 1 aliphatic rings. The predicted octanol–water partition coefficient (Wildman–Crippen LogP) is 6.51. The van der Waals surface area contributed by atoms with Crippen molar-refractivity contribution in [2.24, 2.45) is 4.99 Å². The van der Waals surface area contributed by atoms with E-state index in [9.17, 15) is 14.0 Å². The SMILES string of the molecule is CCOC(=O)C1=C(C)N=c2s/c(=C/c3cc(I)c(OCc4ccc(F)cc4)c(I)c3)c(=O)n2[C@H]1c1ccccc1OC(C)C. The lowest BCUT2D eigenvalue weighted by atomic mass is 9.95. The second-order valence-corrected chi connectivity index (χ2v) is 13.6. The van der Waals surface area contributed by atoms with Gasteiger partial charge in [0.2, 0.25) is 0 Å². The van der Waals surface area contributed by atoms with Gasteiger partial charge in [-0.2, -0.15) is 0 Å². The van der Waals surface area contributed by atoms with E-state index in [1.165, 1.54) is 23.5 Å². The molecule has 1 atom stereocenters. The molecule has 2 heterocycles. The van der Waals surface area contributed by atoms with E-state index in [2.05, 4.69) is 50.2 Å². The Balaban J connectivity index is 1.58. The van der Waals surface area contributed by atoms with Crippen molar-refractivity contribution in [1.82, 2.24) is 4.57 Å². The molecule has 0 unspecified atom stereocenters. The number of thiazole rings is 1. The highest BCUT2D eigenvalue weighted by Crippen LogP contribution is 2.36. The molecule has 7 nitrogen and oxygen atoms in total. The predicted molar refractivity (Wildman–Crippen MR) is 185 cm³/mol. The molecule has 0 N–H and O–H groups in total. The minimum absolute atomic E-state index is 0.115. The second-order valence-electron chi connectivity index (χ2n) is 10.2. The van der Waals surface area contributed by atoms with Crippen molar-refractivity contribution in [1.29, 1.82) is 0 Å². The first-order valence-corrected chi connectivity index (χ1v) is 16.9. The van der Waals surface area contributed by atoms with Crippen molar-refractivity contribution in [2.45, 2.75) is 46.4 Å². The Kier molecular flexibility index (Phi) is 10.3. The molecule has 11 heteroatoms. The zero-order valence-electron chi connectivity index (χ0n) is 24.4. The van der Waals surface area contributed by atoms with E-state index < -0.39 is 12.0 Å². The lowest BCUT2D eigenvalue weighted by Crippen LogP contribution is -2.40. The summed E-state index contributed by atoms with van der Waals surface area (Å²) in [5, 5.41) is 0. The van der Waals surface area contributed by atoms with Gasteiger partial charge in [0.05, 0.1) is 35.7 Å². The maximum absolute atomic E-state index is 14.1. The molecule has 0 amide bonds. The number of carbonyl (C=O) groups excluding carboxylic acids is 1. The topological polar surface area (TPSA) is 79.1 Å². The Morgan fingerprint density at radius 3 is 2.45 bits per heavy atom. The molecule has 44 heavy (non-hydrogen) atoms. The van der Waals surface area contributed by atoms with Gasteiger partial charge in [0.1, 0.15) is 30.0 Å². The van der Waals surface area contributed by atoms with Gasteiger partial charge in [-0.15, -0.1) is 0 Å². The van der Waals surface area contributed by atoms with Crippen LogP contribution in [0.5, 0.6) is 11.5 Å². The van der Waals surface area contributed by atoms with Crippen LogP contribution in [0, 0.1) is 13.0 Å². The molecule has 0 spiro atoms. The molecule has 5 rings (SSSR count). The van der Waals surface area contributed by atoms with Crippen molar-refractivity contribution in [3.05, 3.63) is 121 Å². The van der Waals surface area contributed by atoms with Crippen molar-refractivity contribution < 1.29 is 23.4 Å². The van der Waals surface area contributed by atoms with Crippen molar-refractivity contribution in [2.75, 3.05) is 6.61 Å². The summed E-state index contributed by atoms with van der Waals surface area (Å²) in [5.41, 5.74) is 2.88. The van der Waals surface area contributed by atoms with Crippen LogP contribution in [0.3, 0.4) is 0 Å². The fourth-order valence-electron chi connectivity index (χ4n) is 4.84. The third-order valence-electron chi connectivity index (χ3n) is 6.71. The van der Waals surface area contributed by atoms with Crippen LogP contribution in [0.2, 0.25) is 0 Å². The highest BCUT2D eigenvalue weighted by molar-refractivity contribution is 14.1. The Bertz CT molecular complexity index is 1910. The number of carbonyl (C=O) groups is 1. The Labute approximate surface area is 285 Å². The lowest BCUT2D eigenvalue weighted by Gasteiger charge is -2.26. The fraction of sp³-hybridized carbons (Fsp3) is 0.242. The van der Waals surface area contributed by atoms with E-state index >= 15 is 0 Å². The van der Waals surface area contributed by atoms with Gasteiger partial charge in [0.25, 0.3) is 5.56 Å². The molecule has 0 radical (unpaired) electrons. The van der Waals surface area contributed by atoms with Gasteiger partial charge in [0.15, 0.2) is 4.80 Å². The number of halogens is 3. The highest BCUT2D eigenvalue weighted by Gasteiger charge is 2.35. The number of benzene rings is 3. The number of aromatic nitrogens is 1. The minimum atomic E-state index is -0.773. The molecule has 0 bridgehead atoms. The van der Waals surface area contributed by atoms with E-state index in [4.69, 9.17) is 14.2 Å². The van der Waals surface area contributed by atoms with Gasteiger partial charge in [0, 0.05) is 5.56 Å². The number of hydrogen-bond acceptors (Lipinski definition) is 7. The summed E-state index contributed by atoms with van der Waals surface area (Å²) in [5.74, 6) is 0.483. The molecular formula is C33H29FI2N2O5S. The van der Waals surface area contributed by atoms with Crippen LogP contribution in [0.25, 0.3) is 6.08 Å².